The number of para-hydroxylation sites is 2. The molecule has 0 bridgehead atoms. The molecule has 7 heteroatoms. The summed E-state index contributed by atoms with van der Waals surface area (Å²) in [5.74, 6) is 0. The van der Waals surface area contributed by atoms with Gasteiger partial charge in [0.1, 0.15) is 0 Å². The van der Waals surface area contributed by atoms with E-state index in [2.05, 4.69) is 17.7 Å². The van der Waals surface area contributed by atoms with E-state index in [1.54, 1.807) is 24.3 Å². The number of nitrogens with one attached hydrogen (secondary N) is 4. The van der Waals surface area contributed by atoms with Crippen molar-refractivity contribution in [1.82, 2.24) is 7.06 Å². The zero-order chi connectivity index (χ0) is 14.9. The quantitative estimate of drug-likeness (QED) is 0.417. The van der Waals surface area contributed by atoms with E-state index in [-0.39, 0.29) is 12.1 Å². The summed E-state index contributed by atoms with van der Waals surface area (Å²) in [6.45, 7) is 0. The first-order chi connectivity index (χ1) is 10.2. The monoisotopic (exact) mass is 397 g/mol. The minimum atomic E-state index is -0.976. The third-order valence-corrected chi connectivity index (χ3v) is 3.85. The van der Waals surface area contributed by atoms with Gasteiger partial charge >= 0.3 is 133 Å². The SMILES string of the molecule is O=C(N[I-]NC(=O)Nc1ccccc1)Nc1ccccc1. The predicted octanol–water partition coefficient (Wildman–Crippen LogP) is -0.451. The maximum absolute atomic E-state index is 11.6. The van der Waals surface area contributed by atoms with E-state index in [0.717, 1.165) is 0 Å². The normalized spacial score (nSPS) is 9.71. The van der Waals surface area contributed by atoms with E-state index >= 15 is 0 Å². The van der Waals surface area contributed by atoms with Crippen molar-refractivity contribution >= 4 is 23.4 Å². The van der Waals surface area contributed by atoms with Crippen LogP contribution < -0.4 is 39.4 Å². The Morgan fingerprint density at radius 1 is 0.667 bits per heavy atom. The number of rotatable bonds is 4. The van der Waals surface area contributed by atoms with E-state index in [9.17, 15) is 9.59 Å². The maximum atomic E-state index is 11.6. The van der Waals surface area contributed by atoms with Crippen LogP contribution in [0.2, 0.25) is 0 Å². The second kappa shape index (κ2) is 8.10. The fourth-order valence-corrected chi connectivity index (χ4v) is 2.36. The van der Waals surface area contributed by atoms with E-state index in [1.165, 1.54) is 0 Å². The third kappa shape index (κ3) is 5.69. The number of hydrogen-bond acceptors (Lipinski definition) is 2. The molecule has 2 aromatic carbocycles. The van der Waals surface area contributed by atoms with Gasteiger partial charge in [0, 0.05) is 0 Å². The molecule has 6 nitrogen and oxygen atoms in total. The number of amides is 4. The van der Waals surface area contributed by atoms with Crippen LogP contribution in [0.15, 0.2) is 60.7 Å². The number of halogens is 1. The van der Waals surface area contributed by atoms with Gasteiger partial charge in [-0.2, -0.15) is 0 Å². The number of carbonyl (C=O) groups is 2. The van der Waals surface area contributed by atoms with Crippen LogP contribution in [0.4, 0.5) is 21.0 Å². The average molecular weight is 397 g/mol. The minimum absolute atomic E-state index is 0.339. The van der Waals surface area contributed by atoms with Crippen LogP contribution in [0, 0.1) is 0 Å². The van der Waals surface area contributed by atoms with Crippen LogP contribution in [0.1, 0.15) is 0 Å². The predicted molar refractivity (Wildman–Crippen MR) is 77.2 cm³/mol. The van der Waals surface area contributed by atoms with Gasteiger partial charge < -0.3 is 0 Å². The van der Waals surface area contributed by atoms with Crippen LogP contribution >= 0.6 is 0 Å². The van der Waals surface area contributed by atoms with Crippen molar-refractivity contribution in [3.8, 4) is 0 Å². The number of hydrogen-bond donors (Lipinski definition) is 4. The van der Waals surface area contributed by atoms with Crippen molar-refractivity contribution in [3.05, 3.63) is 60.7 Å². The van der Waals surface area contributed by atoms with Crippen LogP contribution in [0.5, 0.6) is 0 Å². The van der Waals surface area contributed by atoms with Gasteiger partial charge in [0.2, 0.25) is 0 Å². The molecule has 0 saturated heterocycles. The van der Waals surface area contributed by atoms with Gasteiger partial charge in [0.25, 0.3) is 0 Å². The Labute approximate surface area is 133 Å². The Bertz CT molecular complexity index is 539. The van der Waals surface area contributed by atoms with Gasteiger partial charge in [-0.1, -0.05) is 0 Å². The second-order valence-corrected chi connectivity index (χ2v) is 5.54. The summed E-state index contributed by atoms with van der Waals surface area (Å²) in [5, 5.41) is 5.34. The first kappa shape index (κ1) is 15.1. The summed E-state index contributed by atoms with van der Waals surface area (Å²) in [6.07, 6.45) is 0. The molecule has 4 N–H and O–H groups in total. The molecule has 110 valence electrons. The molecule has 0 saturated carbocycles. The molecule has 0 aromatic heterocycles. The molecule has 0 aliphatic heterocycles. The summed E-state index contributed by atoms with van der Waals surface area (Å²) in [6, 6.07) is 17.5. The molecule has 2 rings (SSSR count). The van der Waals surface area contributed by atoms with Crippen LogP contribution in [-0.4, -0.2) is 12.1 Å². The molecular weight excluding hydrogens is 383 g/mol. The summed E-state index contributed by atoms with van der Waals surface area (Å²) >= 11 is -0.976. The molecule has 21 heavy (non-hydrogen) atoms. The number of anilines is 2. The van der Waals surface area contributed by atoms with Crippen molar-refractivity contribution in [1.29, 1.82) is 0 Å². The van der Waals surface area contributed by atoms with Crippen LogP contribution in [0.3, 0.4) is 0 Å². The molecule has 2 aromatic rings. The number of carbonyl (C=O) groups excluding carboxylic acids is 2. The summed E-state index contributed by atoms with van der Waals surface area (Å²) < 4.78 is 5.27. The molecule has 0 aliphatic rings. The zero-order valence-electron chi connectivity index (χ0n) is 11.0. The van der Waals surface area contributed by atoms with Gasteiger partial charge in [-0.25, -0.2) is 0 Å². The topological polar surface area (TPSA) is 82.3 Å². The van der Waals surface area contributed by atoms with E-state index in [0.29, 0.717) is 11.4 Å². The Kier molecular flexibility index (Phi) is 5.83. The van der Waals surface area contributed by atoms with Gasteiger partial charge in [-0.05, 0) is 0 Å². The van der Waals surface area contributed by atoms with Gasteiger partial charge in [0.05, 0.1) is 0 Å². The van der Waals surface area contributed by atoms with Crippen molar-refractivity contribution in [2.24, 2.45) is 0 Å². The van der Waals surface area contributed by atoms with Crippen molar-refractivity contribution in [2.45, 2.75) is 0 Å². The summed E-state index contributed by atoms with van der Waals surface area (Å²) in [5.41, 5.74) is 1.40. The molecular formula is C14H14IN4O2-. The van der Waals surface area contributed by atoms with Crippen molar-refractivity contribution < 1.29 is 31.3 Å². The first-order valence-corrected chi connectivity index (χ1v) is 8.27. The second-order valence-electron chi connectivity index (χ2n) is 3.92. The first-order valence-electron chi connectivity index (χ1n) is 6.11. The Hall–Kier alpha value is -2.29. The number of benzene rings is 2. The summed E-state index contributed by atoms with van der Waals surface area (Å²) in [7, 11) is 0. The van der Waals surface area contributed by atoms with Gasteiger partial charge in [-0.15, -0.1) is 0 Å². The zero-order valence-corrected chi connectivity index (χ0v) is 13.1. The molecule has 0 atom stereocenters. The molecule has 0 fully saturated rings. The third-order valence-electron chi connectivity index (χ3n) is 2.33. The van der Waals surface area contributed by atoms with Crippen LogP contribution in [0.25, 0.3) is 0 Å². The molecule has 4 amide bonds. The molecule has 0 unspecified atom stereocenters. The Morgan fingerprint density at radius 2 is 1.05 bits per heavy atom. The fraction of sp³-hybridized carbons (Fsp3) is 0. The van der Waals surface area contributed by atoms with Crippen molar-refractivity contribution in [3.63, 3.8) is 0 Å². The fourth-order valence-electron chi connectivity index (χ4n) is 1.46. The average Bonchev–Trinajstić information content (AvgIpc) is 2.49. The van der Waals surface area contributed by atoms with Crippen LogP contribution in [-0.2, 0) is 0 Å². The molecule has 0 aliphatic carbocycles. The van der Waals surface area contributed by atoms with E-state index in [1.807, 2.05) is 36.4 Å². The van der Waals surface area contributed by atoms with Gasteiger partial charge in [-0.3, -0.25) is 0 Å². The molecule has 0 radical (unpaired) electrons. The molecule has 0 heterocycles. The van der Waals surface area contributed by atoms with E-state index < -0.39 is 21.8 Å². The molecule has 0 spiro atoms. The van der Waals surface area contributed by atoms with Gasteiger partial charge in [0.15, 0.2) is 0 Å². The Morgan fingerprint density at radius 3 is 1.43 bits per heavy atom. The van der Waals surface area contributed by atoms with E-state index in [4.69, 9.17) is 0 Å². The standard InChI is InChI=1S/C14H14IN4O2/c20-13(16-11-7-3-1-4-8-11)18-15-19-14(21)17-12-9-5-2-6-10-12/h1-10H,(H2,16,18,20)(H2,17,19,21)/q-1. The summed E-state index contributed by atoms with van der Waals surface area (Å²) in [4.78, 5) is 23.2. The number of urea groups is 2. The Balaban J connectivity index is 1.67. The van der Waals surface area contributed by atoms with Crippen molar-refractivity contribution in [2.75, 3.05) is 10.6 Å².